The molecule has 1 unspecified atom stereocenters. The van der Waals surface area contributed by atoms with Gasteiger partial charge in [-0.1, -0.05) is 11.6 Å². The average molecular weight is 448 g/mol. The van der Waals surface area contributed by atoms with Crippen molar-refractivity contribution in [1.82, 2.24) is 15.0 Å². The van der Waals surface area contributed by atoms with Crippen molar-refractivity contribution in [2.24, 2.45) is 5.92 Å². The number of nitrogens with one attached hydrogen (secondary N) is 1. The van der Waals surface area contributed by atoms with Gasteiger partial charge in [0.2, 0.25) is 0 Å². The van der Waals surface area contributed by atoms with Crippen LogP contribution in [0.5, 0.6) is 0 Å². The highest BCUT2D eigenvalue weighted by Crippen LogP contribution is 2.38. The van der Waals surface area contributed by atoms with Crippen LogP contribution in [0.2, 0.25) is 5.02 Å². The molecule has 5 rings (SSSR count). The van der Waals surface area contributed by atoms with E-state index in [-0.39, 0.29) is 5.56 Å². The Morgan fingerprint density at radius 2 is 1.84 bits per heavy atom. The zero-order valence-corrected chi connectivity index (χ0v) is 17.4. The van der Waals surface area contributed by atoms with Crippen molar-refractivity contribution in [3.63, 3.8) is 0 Å². The molecule has 5 nitrogen and oxygen atoms in total. The molecule has 0 spiro atoms. The Kier molecular flexibility index (Phi) is 5.33. The molecule has 1 saturated heterocycles. The fourth-order valence-electron chi connectivity index (χ4n) is 4.06. The largest absolute Gasteiger partial charge is 0.364 e. The van der Waals surface area contributed by atoms with Gasteiger partial charge in [-0.25, -0.2) is 23.1 Å². The highest BCUT2D eigenvalue weighted by atomic mass is 35.5. The summed E-state index contributed by atoms with van der Waals surface area (Å²) in [5.41, 5.74) is 0.973. The normalized spacial score (nSPS) is 18.4. The molecule has 1 aliphatic carbocycles. The third-order valence-corrected chi connectivity index (χ3v) is 6.22. The van der Waals surface area contributed by atoms with E-state index in [1.54, 1.807) is 6.20 Å². The second-order valence-corrected chi connectivity index (χ2v) is 8.60. The molecule has 162 valence electrons. The lowest BCUT2D eigenvalue weighted by molar-refractivity contribution is 0.193. The number of benzene rings is 1. The van der Waals surface area contributed by atoms with E-state index in [0.717, 1.165) is 31.0 Å². The number of hydrogen-bond donors (Lipinski definition) is 1. The van der Waals surface area contributed by atoms with Gasteiger partial charge in [0.15, 0.2) is 11.6 Å². The number of anilines is 2. The lowest BCUT2D eigenvalue weighted by Crippen LogP contribution is -2.36. The number of halogens is 4. The molecule has 1 aliphatic heterocycles. The topological polar surface area (TPSA) is 53.9 Å². The minimum Gasteiger partial charge on any atom is -0.364 e. The van der Waals surface area contributed by atoms with Gasteiger partial charge >= 0.3 is 0 Å². The number of pyridine rings is 1. The van der Waals surface area contributed by atoms with Crippen LogP contribution in [-0.2, 0) is 0 Å². The molecule has 9 heteroatoms. The fourth-order valence-corrected chi connectivity index (χ4v) is 4.26. The van der Waals surface area contributed by atoms with Crippen LogP contribution in [0.1, 0.15) is 37.4 Å². The summed E-state index contributed by atoms with van der Waals surface area (Å²) in [4.78, 5) is 15.6. The van der Waals surface area contributed by atoms with E-state index in [0.29, 0.717) is 59.7 Å². The summed E-state index contributed by atoms with van der Waals surface area (Å²) in [6.07, 6.45) is 4.75. The summed E-state index contributed by atoms with van der Waals surface area (Å²) in [6, 6.07) is 3.30. The fraction of sp³-hybridized carbons (Fsp3) is 0.409. The Bertz CT molecular complexity index is 1120. The van der Waals surface area contributed by atoms with Crippen molar-refractivity contribution in [2.45, 2.75) is 37.9 Å². The molecule has 0 bridgehead atoms. The van der Waals surface area contributed by atoms with Crippen LogP contribution in [0.3, 0.4) is 0 Å². The van der Waals surface area contributed by atoms with E-state index >= 15 is 4.39 Å². The van der Waals surface area contributed by atoms with E-state index < -0.39 is 23.7 Å². The summed E-state index contributed by atoms with van der Waals surface area (Å²) in [5.74, 6) is -0.385. The summed E-state index contributed by atoms with van der Waals surface area (Å²) in [6.45, 7) is 1.07. The van der Waals surface area contributed by atoms with E-state index in [1.165, 1.54) is 6.20 Å². The minimum absolute atomic E-state index is 0.208. The van der Waals surface area contributed by atoms with Crippen LogP contribution in [0.4, 0.5) is 24.8 Å². The summed E-state index contributed by atoms with van der Waals surface area (Å²) in [7, 11) is 0. The van der Waals surface area contributed by atoms with Gasteiger partial charge in [0.05, 0.1) is 11.2 Å². The van der Waals surface area contributed by atoms with Crippen LogP contribution < -0.4 is 10.2 Å². The molecule has 2 aliphatic rings. The van der Waals surface area contributed by atoms with Crippen LogP contribution in [0, 0.1) is 17.6 Å². The Morgan fingerprint density at radius 3 is 2.58 bits per heavy atom. The van der Waals surface area contributed by atoms with Gasteiger partial charge in [0, 0.05) is 30.9 Å². The monoisotopic (exact) mass is 447 g/mol. The van der Waals surface area contributed by atoms with Crippen LogP contribution in [0.15, 0.2) is 30.6 Å². The zero-order valence-electron chi connectivity index (χ0n) is 16.7. The molecule has 2 aromatic heterocycles. The lowest BCUT2D eigenvalue weighted by atomic mass is 9.88. The molecule has 1 N–H and O–H groups in total. The second-order valence-electron chi connectivity index (χ2n) is 8.20. The minimum atomic E-state index is -1.55. The molecule has 3 aromatic rings. The molecule has 0 radical (unpaired) electrons. The van der Waals surface area contributed by atoms with Gasteiger partial charge in [-0.3, -0.25) is 4.98 Å². The average Bonchev–Trinajstić information content (AvgIpc) is 3.59. The van der Waals surface area contributed by atoms with Gasteiger partial charge in [0.1, 0.15) is 28.8 Å². The Balaban J connectivity index is 1.38. The number of aromatic nitrogens is 3. The number of nitrogens with zero attached hydrogens (tertiary/aromatic N) is 4. The standard InChI is InChI=1S/C22H21ClF3N5/c23-16-10-27-11-18-20(16)30-21(28-14-2-3-14)22(29-18)31-7-5-12(6-8-31)19(26)15-9-13(24)1-4-17(15)25/h1,4,9-12,14,19H,2-3,5-8H2,(H,28,30). The third-order valence-electron chi connectivity index (χ3n) is 5.94. The molecule has 2 fully saturated rings. The van der Waals surface area contributed by atoms with Gasteiger partial charge in [-0.05, 0) is 49.8 Å². The maximum atomic E-state index is 15.0. The highest BCUT2D eigenvalue weighted by molar-refractivity contribution is 6.34. The first-order valence-corrected chi connectivity index (χ1v) is 10.8. The second kappa shape index (κ2) is 8.15. The number of fused-ring (bicyclic) bond motifs is 1. The Hall–Kier alpha value is -2.61. The number of piperidine rings is 1. The summed E-state index contributed by atoms with van der Waals surface area (Å²) in [5, 5.41) is 3.85. The number of hydrogen-bond acceptors (Lipinski definition) is 5. The molecule has 1 atom stereocenters. The van der Waals surface area contributed by atoms with Crippen molar-refractivity contribution >= 4 is 34.3 Å². The molecular weight excluding hydrogens is 427 g/mol. The summed E-state index contributed by atoms with van der Waals surface area (Å²) < 4.78 is 42.5. The van der Waals surface area contributed by atoms with Crippen LogP contribution >= 0.6 is 11.6 Å². The van der Waals surface area contributed by atoms with Gasteiger partial charge < -0.3 is 10.2 Å². The van der Waals surface area contributed by atoms with Crippen molar-refractivity contribution in [3.05, 3.63) is 52.8 Å². The maximum Gasteiger partial charge on any atom is 0.172 e. The molecule has 31 heavy (non-hydrogen) atoms. The Morgan fingerprint density at radius 1 is 1.06 bits per heavy atom. The first-order chi connectivity index (χ1) is 15.0. The van der Waals surface area contributed by atoms with Crippen molar-refractivity contribution < 1.29 is 13.2 Å². The molecule has 1 saturated carbocycles. The highest BCUT2D eigenvalue weighted by Gasteiger charge is 2.32. The van der Waals surface area contributed by atoms with E-state index in [9.17, 15) is 8.78 Å². The van der Waals surface area contributed by atoms with Crippen molar-refractivity contribution in [2.75, 3.05) is 23.3 Å². The third kappa shape index (κ3) is 4.13. The van der Waals surface area contributed by atoms with Crippen LogP contribution in [-0.4, -0.2) is 34.1 Å². The molecule has 0 amide bonds. The quantitative estimate of drug-likeness (QED) is 0.563. The van der Waals surface area contributed by atoms with E-state index in [2.05, 4.69) is 15.2 Å². The molecule has 3 heterocycles. The summed E-state index contributed by atoms with van der Waals surface area (Å²) >= 11 is 6.25. The smallest absolute Gasteiger partial charge is 0.172 e. The number of alkyl halides is 1. The molecule has 1 aromatic carbocycles. The van der Waals surface area contributed by atoms with Gasteiger partial charge in [0.25, 0.3) is 0 Å². The van der Waals surface area contributed by atoms with Crippen LogP contribution in [0.25, 0.3) is 11.0 Å². The predicted octanol–water partition coefficient (Wildman–Crippen LogP) is 5.46. The SMILES string of the molecule is Fc1ccc(F)c(C(F)C2CCN(c3nc4cncc(Cl)c4nc3NC3CC3)CC2)c1. The van der Waals surface area contributed by atoms with Crippen molar-refractivity contribution in [1.29, 1.82) is 0 Å². The van der Waals surface area contributed by atoms with E-state index in [4.69, 9.17) is 21.6 Å². The predicted molar refractivity (Wildman–Crippen MR) is 114 cm³/mol. The molecular formula is C22H21ClF3N5. The van der Waals surface area contributed by atoms with Gasteiger partial charge in [-0.15, -0.1) is 0 Å². The lowest BCUT2D eigenvalue weighted by Gasteiger charge is -2.35. The van der Waals surface area contributed by atoms with E-state index in [1.807, 2.05) is 0 Å². The van der Waals surface area contributed by atoms with Gasteiger partial charge in [-0.2, -0.15) is 0 Å². The Labute approximate surface area is 182 Å². The van der Waals surface area contributed by atoms with Crippen molar-refractivity contribution in [3.8, 4) is 0 Å². The number of rotatable bonds is 5. The maximum absolute atomic E-state index is 15.0. The zero-order chi connectivity index (χ0) is 21.5. The first kappa shape index (κ1) is 20.3. The first-order valence-electron chi connectivity index (χ1n) is 10.4.